The number of halogens is 4. The Morgan fingerprint density at radius 2 is 1.85 bits per heavy atom. The van der Waals surface area contributed by atoms with Gasteiger partial charge in [-0.3, -0.25) is 0 Å². The molecule has 0 N–H and O–H groups in total. The van der Waals surface area contributed by atoms with E-state index in [1.165, 1.54) is 0 Å². The van der Waals surface area contributed by atoms with Crippen molar-refractivity contribution in [2.24, 2.45) is 0 Å². The van der Waals surface area contributed by atoms with Gasteiger partial charge in [0.1, 0.15) is 11.6 Å². The lowest BCUT2D eigenvalue weighted by Gasteiger charge is -2.08. The van der Waals surface area contributed by atoms with Crippen LogP contribution in [-0.2, 0) is 6.18 Å². The first-order valence-electron chi connectivity index (χ1n) is 3.18. The number of rotatable bonds is 1. The van der Waals surface area contributed by atoms with Crippen molar-refractivity contribution >= 4 is 8.05 Å². The second-order valence-electron chi connectivity index (χ2n) is 2.26. The van der Waals surface area contributed by atoms with E-state index in [1.807, 2.05) is 0 Å². The third-order valence-electron chi connectivity index (χ3n) is 1.38. The summed E-state index contributed by atoms with van der Waals surface area (Å²) in [4.78, 5) is 0. The van der Waals surface area contributed by atoms with Crippen molar-refractivity contribution in [2.45, 2.75) is 6.18 Å². The lowest BCUT2D eigenvalue weighted by atomic mass is 10.2. The van der Waals surface area contributed by atoms with E-state index in [0.717, 1.165) is 6.07 Å². The second kappa shape index (κ2) is 3.28. The molecule has 0 aliphatic heterocycles. The smallest absolute Gasteiger partial charge is 0.419 e. The summed E-state index contributed by atoms with van der Waals surface area (Å²) in [5, 5.41) is 0. The van der Waals surface area contributed by atoms with Crippen LogP contribution in [0.4, 0.5) is 17.6 Å². The van der Waals surface area contributed by atoms with Crippen molar-refractivity contribution in [3.05, 3.63) is 29.6 Å². The maximum Gasteiger partial charge on any atom is 0.419 e. The van der Waals surface area contributed by atoms with Crippen molar-refractivity contribution < 1.29 is 22.2 Å². The van der Waals surface area contributed by atoms with Gasteiger partial charge in [-0.2, -0.15) is 13.2 Å². The largest absolute Gasteiger partial charge is 0.568 e. The Kier molecular flexibility index (Phi) is 2.49. The molecule has 0 aliphatic rings. The van der Waals surface area contributed by atoms with Gasteiger partial charge in [0, 0.05) is 6.07 Å². The molecular formula is C7H3BF4O. The van der Waals surface area contributed by atoms with Gasteiger partial charge in [0.05, 0.1) is 5.56 Å². The molecule has 0 atom stereocenters. The van der Waals surface area contributed by atoms with E-state index in [2.05, 4.69) is 12.7 Å². The summed E-state index contributed by atoms with van der Waals surface area (Å²) in [7, 11) is 4.63. The summed E-state index contributed by atoms with van der Waals surface area (Å²) in [6.45, 7) is 0. The molecule has 0 saturated carbocycles. The van der Waals surface area contributed by atoms with E-state index in [1.54, 1.807) is 0 Å². The fourth-order valence-corrected chi connectivity index (χ4v) is 0.799. The molecular weight excluding hydrogens is 187 g/mol. The van der Waals surface area contributed by atoms with Crippen LogP contribution in [0.2, 0.25) is 0 Å². The minimum atomic E-state index is -4.70. The third kappa shape index (κ3) is 2.14. The maximum atomic E-state index is 12.7. The highest BCUT2D eigenvalue weighted by Gasteiger charge is 2.33. The minimum Gasteiger partial charge on any atom is -0.568 e. The summed E-state index contributed by atoms with van der Waals surface area (Å²) in [6, 6.07) is 2.08. The third-order valence-corrected chi connectivity index (χ3v) is 1.38. The topological polar surface area (TPSA) is 9.23 Å². The van der Waals surface area contributed by atoms with E-state index >= 15 is 0 Å². The van der Waals surface area contributed by atoms with Crippen molar-refractivity contribution in [2.75, 3.05) is 0 Å². The molecule has 0 aliphatic carbocycles. The first-order valence-corrected chi connectivity index (χ1v) is 3.18. The maximum absolute atomic E-state index is 12.7. The predicted molar refractivity (Wildman–Crippen MR) is 37.8 cm³/mol. The highest BCUT2D eigenvalue weighted by Crippen LogP contribution is 2.32. The van der Waals surface area contributed by atoms with Crippen molar-refractivity contribution in [1.29, 1.82) is 0 Å². The van der Waals surface area contributed by atoms with Crippen LogP contribution in [0.5, 0.6) is 5.75 Å². The lowest BCUT2D eigenvalue weighted by molar-refractivity contribution is -0.140. The van der Waals surface area contributed by atoms with Crippen molar-refractivity contribution in [3.63, 3.8) is 0 Å². The van der Waals surface area contributed by atoms with Gasteiger partial charge in [0.15, 0.2) is 0 Å². The van der Waals surface area contributed by atoms with Crippen LogP contribution < -0.4 is 4.65 Å². The van der Waals surface area contributed by atoms with Crippen LogP contribution in [-0.4, -0.2) is 8.05 Å². The average Bonchev–Trinajstić information content (AvgIpc) is 2.01. The summed E-state index contributed by atoms with van der Waals surface area (Å²) < 4.78 is 52.6. The van der Waals surface area contributed by atoms with E-state index in [-0.39, 0.29) is 5.75 Å². The molecule has 0 spiro atoms. The fourth-order valence-electron chi connectivity index (χ4n) is 0.799. The molecule has 6 heteroatoms. The zero-order chi connectivity index (χ0) is 10.1. The predicted octanol–water partition coefficient (Wildman–Crippen LogP) is 2.31. The van der Waals surface area contributed by atoms with Gasteiger partial charge < -0.3 is 4.65 Å². The van der Waals surface area contributed by atoms with Crippen LogP contribution in [0.25, 0.3) is 0 Å². The Morgan fingerprint density at radius 3 is 2.23 bits per heavy atom. The number of benzene rings is 1. The molecule has 13 heavy (non-hydrogen) atoms. The van der Waals surface area contributed by atoms with E-state index in [4.69, 9.17) is 0 Å². The molecule has 0 amide bonds. The van der Waals surface area contributed by atoms with Crippen molar-refractivity contribution in [3.8, 4) is 5.75 Å². The van der Waals surface area contributed by atoms with Gasteiger partial charge in [-0.05, 0) is 12.1 Å². The molecule has 0 heterocycles. The first kappa shape index (κ1) is 9.89. The number of alkyl halides is 3. The van der Waals surface area contributed by atoms with Gasteiger partial charge in [-0.1, -0.05) is 0 Å². The molecule has 0 unspecified atom stereocenters. The zero-order valence-electron chi connectivity index (χ0n) is 6.23. The number of hydrogen-bond acceptors (Lipinski definition) is 1. The molecule has 68 valence electrons. The lowest BCUT2D eigenvalue weighted by Crippen LogP contribution is -2.07. The Balaban J connectivity index is 3.13. The monoisotopic (exact) mass is 190 g/mol. The summed E-state index contributed by atoms with van der Waals surface area (Å²) in [6.07, 6.45) is -4.70. The first-order chi connectivity index (χ1) is 5.95. The molecule has 0 saturated heterocycles. The van der Waals surface area contributed by atoms with E-state index in [0.29, 0.717) is 12.1 Å². The van der Waals surface area contributed by atoms with Crippen LogP contribution in [0.3, 0.4) is 0 Å². The zero-order valence-corrected chi connectivity index (χ0v) is 6.23. The Hall–Kier alpha value is -1.20. The molecule has 0 bridgehead atoms. The molecule has 1 rings (SSSR count). The molecule has 1 nitrogen and oxygen atoms in total. The van der Waals surface area contributed by atoms with E-state index in [9.17, 15) is 17.6 Å². The normalized spacial score (nSPS) is 11.4. The van der Waals surface area contributed by atoms with Crippen molar-refractivity contribution in [1.82, 2.24) is 0 Å². The number of hydrogen-bond donors (Lipinski definition) is 0. The highest BCUT2D eigenvalue weighted by molar-refractivity contribution is 5.99. The van der Waals surface area contributed by atoms with Gasteiger partial charge in [-0.15, -0.1) is 0 Å². The summed E-state index contributed by atoms with van der Waals surface area (Å²) >= 11 is 0. The minimum absolute atomic E-state index is 0.162. The van der Waals surface area contributed by atoms with E-state index < -0.39 is 17.6 Å². The molecule has 0 fully saturated rings. The van der Waals surface area contributed by atoms with Gasteiger partial charge in [0.2, 0.25) is 0 Å². The molecule has 2 radical (unpaired) electrons. The second-order valence-corrected chi connectivity index (χ2v) is 2.26. The molecule has 1 aromatic carbocycles. The SMILES string of the molecule is [B]Oc1ccc(C(F)(F)F)c(F)c1. The van der Waals surface area contributed by atoms with Crippen LogP contribution >= 0.6 is 0 Å². The van der Waals surface area contributed by atoms with Gasteiger partial charge in [0.25, 0.3) is 0 Å². The molecule has 1 aromatic rings. The van der Waals surface area contributed by atoms with Crippen LogP contribution in [0, 0.1) is 5.82 Å². The summed E-state index contributed by atoms with van der Waals surface area (Å²) in [5.74, 6) is -1.57. The highest BCUT2D eigenvalue weighted by atomic mass is 19.4. The quantitative estimate of drug-likeness (QED) is 0.487. The Morgan fingerprint density at radius 1 is 1.23 bits per heavy atom. The van der Waals surface area contributed by atoms with Crippen LogP contribution in [0.1, 0.15) is 5.56 Å². The average molecular weight is 190 g/mol. The van der Waals surface area contributed by atoms with Crippen LogP contribution in [0.15, 0.2) is 18.2 Å². The standard InChI is InChI=1S/C7H3BF4O/c8-13-4-1-2-5(6(9)3-4)7(10,11)12/h1-3H. The Bertz CT molecular complexity index is 310. The van der Waals surface area contributed by atoms with Gasteiger partial charge in [-0.25, -0.2) is 4.39 Å². The molecule has 0 aromatic heterocycles. The fraction of sp³-hybridized carbons (Fsp3) is 0.143. The van der Waals surface area contributed by atoms with Gasteiger partial charge >= 0.3 is 14.2 Å². The summed E-state index contributed by atoms with van der Waals surface area (Å²) in [5.41, 5.74) is -1.34. The Labute approximate surface area is 72.8 Å².